The normalized spacial score (nSPS) is 17.1. The van der Waals surface area contributed by atoms with Crippen LogP contribution < -0.4 is 5.32 Å². The molecule has 0 aromatic carbocycles. The molecule has 0 fully saturated rings. The molecular weight excluding hydrogens is 251 g/mol. The maximum absolute atomic E-state index is 12.2. The van der Waals surface area contributed by atoms with Crippen molar-refractivity contribution in [3.8, 4) is 0 Å². The van der Waals surface area contributed by atoms with E-state index >= 15 is 0 Å². The molecule has 2 unspecified atom stereocenters. The first kappa shape index (κ1) is 17.2. The fourth-order valence-corrected chi connectivity index (χ4v) is 1.15. The van der Waals surface area contributed by atoms with E-state index in [2.05, 4.69) is 10.1 Å². The van der Waals surface area contributed by atoms with Gasteiger partial charge in [-0.15, -0.1) is 0 Å². The lowest BCUT2D eigenvalue weighted by molar-refractivity contribution is -0.215. The lowest BCUT2D eigenvalue weighted by Crippen LogP contribution is -2.49. The van der Waals surface area contributed by atoms with Gasteiger partial charge < -0.3 is 14.8 Å². The molecule has 0 aromatic rings. The molecule has 0 bridgehead atoms. The van der Waals surface area contributed by atoms with Crippen LogP contribution in [-0.2, 0) is 14.3 Å². The lowest BCUT2D eigenvalue weighted by Gasteiger charge is -2.27. The summed E-state index contributed by atoms with van der Waals surface area (Å²) in [6.07, 6.45) is -6.14. The van der Waals surface area contributed by atoms with Crippen molar-refractivity contribution in [2.75, 3.05) is 20.3 Å². The summed E-state index contributed by atoms with van der Waals surface area (Å²) in [4.78, 5) is 11.6. The van der Waals surface area contributed by atoms with E-state index in [9.17, 15) is 18.0 Å². The van der Waals surface area contributed by atoms with Gasteiger partial charge >= 0.3 is 12.1 Å². The summed E-state index contributed by atoms with van der Waals surface area (Å²) in [6.45, 7) is 4.19. The van der Waals surface area contributed by atoms with Crippen molar-refractivity contribution in [2.24, 2.45) is 0 Å². The van der Waals surface area contributed by atoms with E-state index in [1.54, 1.807) is 20.9 Å². The second-order valence-electron chi connectivity index (χ2n) is 4.11. The quantitative estimate of drug-likeness (QED) is 0.718. The average Bonchev–Trinajstić information content (AvgIpc) is 2.27. The van der Waals surface area contributed by atoms with Crippen LogP contribution in [0.3, 0.4) is 0 Å². The largest absolute Gasteiger partial charge is 0.465 e. The monoisotopic (exact) mass is 271 g/mol. The van der Waals surface area contributed by atoms with Crippen molar-refractivity contribution in [3.05, 3.63) is 0 Å². The zero-order chi connectivity index (χ0) is 14.4. The third kappa shape index (κ3) is 5.22. The number of ether oxygens (including phenoxy) is 2. The number of carbonyl (C=O) groups excluding carboxylic acids is 1. The van der Waals surface area contributed by atoms with Crippen LogP contribution in [0.25, 0.3) is 0 Å². The molecule has 1 N–H and O–H groups in total. The summed E-state index contributed by atoms with van der Waals surface area (Å²) >= 11 is 0. The molecule has 0 radical (unpaired) electrons. The van der Waals surface area contributed by atoms with Gasteiger partial charge in [-0.05, 0) is 34.2 Å². The Hall–Kier alpha value is -0.820. The van der Waals surface area contributed by atoms with Crippen LogP contribution in [0.5, 0.6) is 0 Å². The zero-order valence-electron chi connectivity index (χ0n) is 11.1. The Morgan fingerprint density at radius 2 is 1.94 bits per heavy atom. The van der Waals surface area contributed by atoms with Crippen molar-refractivity contribution in [1.29, 1.82) is 0 Å². The highest BCUT2D eigenvalue weighted by Crippen LogP contribution is 2.23. The van der Waals surface area contributed by atoms with Gasteiger partial charge in [0.1, 0.15) is 5.54 Å². The molecule has 0 amide bonds. The maximum atomic E-state index is 12.2. The molecule has 0 aliphatic heterocycles. The molecule has 0 rings (SSSR count). The summed E-state index contributed by atoms with van der Waals surface area (Å²) in [5.74, 6) is -0.504. The Morgan fingerprint density at radius 1 is 1.39 bits per heavy atom. The van der Waals surface area contributed by atoms with Gasteiger partial charge in [0.15, 0.2) is 6.10 Å². The van der Waals surface area contributed by atoms with Gasteiger partial charge in [-0.3, -0.25) is 4.79 Å². The molecule has 4 nitrogen and oxygen atoms in total. The maximum Gasteiger partial charge on any atom is 0.414 e. The molecule has 0 aliphatic rings. The second kappa shape index (κ2) is 6.94. The van der Waals surface area contributed by atoms with Gasteiger partial charge in [0.25, 0.3) is 0 Å². The van der Waals surface area contributed by atoms with Gasteiger partial charge in [-0.2, -0.15) is 13.2 Å². The molecule has 18 heavy (non-hydrogen) atoms. The zero-order valence-corrected chi connectivity index (χ0v) is 11.1. The van der Waals surface area contributed by atoms with Gasteiger partial charge in [-0.25, -0.2) is 0 Å². The lowest BCUT2D eigenvalue weighted by atomic mass is 9.99. The molecule has 0 heterocycles. The van der Waals surface area contributed by atoms with Crippen molar-refractivity contribution >= 4 is 5.97 Å². The third-order valence-electron chi connectivity index (χ3n) is 2.71. The fourth-order valence-electron chi connectivity index (χ4n) is 1.15. The number of hydrogen-bond donors (Lipinski definition) is 1. The van der Waals surface area contributed by atoms with Gasteiger partial charge in [-0.1, -0.05) is 0 Å². The van der Waals surface area contributed by atoms with Crippen LogP contribution in [0.4, 0.5) is 13.2 Å². The summed E-state index contributed by atoms with van der Waals surface area (Å²) in [5, 5.41) is 2.74. The Morgan fingerprint density at radius 3 is 2.33 bits per heavy atom. The highest BCUT2D eigenvalue weighted by atomic mass is 19.4. The van der Waals surface area contributed by atoms with E-state index in [4.69, 9.17) is 4.74 Å². The Labute approximate surface area is 105 Å². The molecule has 2 atom stereocenters. The van der Waals surface area contributed by atoms with Gasteiger partial charge in [0, 0.05) is 6.61 Å². The van der Waals surface area contributed by atoms with Crippen LogP contribution in [0.15, 0.2) is 0 Å². The standard InChI is InChI=1S/C11H20F3NO3/c1-5-17-9(16)10(3,15-4)6-7-18-8(2)11(12,13)14/h8,15H,5-7H2,1-4H3. The number of alkyl halides is 3. The number of nitrogens with one attached hydrogen (secondary N) is 1. The number of esters is 1. The first-order valence-corrected chi connectivity index (χ1v) is 5.71. The van der Waals surface area contributed by atoms with E-state index in [0.717, 1.165) is 6.92 Å². The van der Waals surface area contributed by atoms with Crippen molar-refractivity contribution < 1.29 is 27.4 Å². The Bertz CT molecular complexity index is 271. The van der Waals surface area contributed by atoms with Crippen molar-refractivity contribution in [1.82, 2.24) is 5.32 Å². The highest BCUT2D eigenvalue weighted by Gasteiger charge is 2.38. The summed E-state index contributed by atoms with van der Waals surface area (Å²) in [7, 11) is 1.55. The Kier molecular flexibility index (Phi) is 6.62. The minimum absolute atomic E-state index is 0.1000. The SMILES string of the molecule is CCOC(=O)C(C)(CCOC(C)C(F)(F)F)NC. The second-order valence-corrected chi connectivity index (χ2v) is 4.11. The van der Waals surface area contributed by atoms with Crippen LogP contribution in [0.1, 0.15) is 27.2 Å². The van der Waals surface area contributed by atoms with Crippen LogP contribution in [-0.4, -0.2) is 44.0 Å². The minimum Gasteiger partial charge on any atom is -0.465 e. The van der Waals surface area contributed by atoms with Crippen molar-refractivity contribution in [3.63, 3.8) is 0 Å². The molecule has 7 heteroatoms. The number of rotatable bonds is 7. The Balaban J connectivity index is 4.27. The number of hydrogen-bond acceptors (Lipinski definition) is 4. The van der Waals surface area contributed by atoms with E-state index in [-0.39, 0.29) is 19.6 Å². The van der Waals surface area contributed by atoms with Gasteiger partial charge in [0.05, 0.1) is 6.61 Å². The third-order valence-corrected chi connectivity index (χ3v) is 2.71. The number of carbonyl (C=O) groups is 1. The molecule has 0 aromatic heterocycles. The molecule has 0 spiro atoms. The first-order chi connectivity index (χ1) is 8.17. The summed E-state index contributed by atoms with van der Waals surface area (Å²) in [5.41, 5.74) is -1.04. The summed E-state index contributed by atoms with van der Waals surface area (Å²) in [6, 6.07) is 0. The molecule has 108 valence electrons. The molecule has 0 saturated heterocycles. The fraction of sp³-hybridized carbons (Fsp3) is 0.909. The number of halogens is 3. The van der Waals surface area contributed by atoms with E-state index in [1.165, 1.54) is 0 Å². The van der Waals surface area contributed by atoms with Gasteiger partial charge in [0.2, 0.25) is 0 Å². The smallest absolute Gasteiger partial charge is 0.414 e. The predicted octanol–water partition coefficient (Wildman–Crippen LogP) is 1.89. The topological polar surface area (TPSA) is 47.6 Å². The highest BCUT2D eigenvalue weighted by molar-refractivity contribution is 5.80. The van der Waals surface area contributed by atoms with Crippen molar-refractivity contribution in [2.45, 2.75) is 45.0 Å². The first-order valence-electron chi connectivity index (χ1n) is 5.71. The van der Waals surface area contributed by atoms with Crippen LogP contribution >= 0.6 is 0 Å². The number of likely N-dealkylation sites (N-methyl/N-ethyl adjacent to an activating group) is 1. The van der Waals surface area contributed by atoms with Crippen LogP contribution in [0.2, 0.25) is 0 Å². The van der Waals surface area contributed by atoms with E-state index < -0.39 is 23.8 Å². The van der Waals surface area contributed by atoms with Crippen LogP contribution in [0, 0.1) is 0 Å². The average molecular weight is 271 g/mol. The van der Waals surface area contributed by atoms with E-state index in [0.29, 0.717) is 0 Å². The molecular formula is C11H20F3NO3. The molecule has 0 aliphatic carbocycles. The predicted molar refractivity (Wildman–Crippen MR) is 60.2 cm³/mol. The minimum atomic E-state index is -4.39. The van der Waals surface area contributed by atoms with E-state index in [1.807, 2.05) is 0 Å². The molecule has 0 saturated carbocycles. The summed E-state index contributed by atoms with van der Waals surface area (Å²) < 4.78 is 46.1.